The third-order valence-electron chi connectivity index (χ3n) is 5.58. The van der Waals surface area contributed by atoms with E-state index in [4.69, 9.17) is 27.9 Å². The highest BCUT2D eigenvalue weighted by Crippen LogP contribution is 2.36. The molecule has 172 valence electrons. The van der Waals surface area contributed by atoms with Crippen LogP contribution in [0.25, 0.3) is 0 Å². The van der Waals surface area contributed by atoms with Gasteiger partial charge in [-0.1, -0.05) is 23.2 Å². The third-order valence-corrected chi connectivity index (χ3v) is 7.94. The van der Waals surface area contributed by atoms with E-state index in [2.05, 4.69) is 14.8 Å². The average molecular weight is 506 g/mol. The van der Waals surface area contributed by atoms with Gasteiger partial charge in [0.15, 0.2) is 0 Å². The molecule has 33 heavy (non-hydrogen) atoms. The van der Waals surface area contributed by atoms with Crippen LogP contribution in [-0.2, 0) is 10.0 Å². The minimum Gasteiger partial charge on any atom is -0.456 e. The molecule has 0 aliphatic carbocycles. The van der Waals surface area contributed by atoms with Crippen LogP contribution in [0.15, 0.2) is 41.3 Å². The molecule has 1 aromatic heterocycles. The van der Waals surface area contributed by atoms with Crippen molar-refractivity contribution in [1.29, 1.82) is 5.26 Å². The van der Waals surface area contributed by atoms with Gasteiger partial charge in [-0.15, -0.1) is 10.2 Å². The Kier molecular flexibility index (Phi) is 6.64. The maximum Gasteiger partial charge on any atom is 0.246 e. The number of nitriles is 1. The predicted molar refractivity (Wildman–Crippen MR) is 124 cm³/mol. The summed E-state index contributed by atoms with van der Waals surface area (Å²) in [4.78, 5) is -0.0762. The molecule has 2 aromatic carbocycles. The maximum absolute atomic E-state index is 13.6. The second kappa shape index (κ2) is 9.31. The van der Waals surface area contributed by atoms with Crippen LogP contribution in [0.4, 0.5) is 0 Å². The van der Waals surface area contributed by atoms with E-state index in [0.717, 1.165) is 11.6 Å². The van der Waals surface area contributed by atoms with Crippen LogP contribution in [0.3, 0.4) is 0 Å². The Balaban J connectivity index is 1.62. The number of aromatic nitrogens is 3. The first-order chi connectivity index (χ1) is 15.7. The summed E-state index contributed by atoms with van der Waals surface area (Å²) in [6.45, 7) is 4.43. The minimum atomic E-state index is -3.93. The summed E-state index contributed by atoms with van der Waals surface area (Å²) in [6.07, 6.45) is 1.24. The van der Waals surface area contributed by atoms with E-state index < -0.39 is 10.0 Å². The van der Waals surface area contributed by atoms with E-state index >= 15 is 0 Å². The summed E-state index contributed by atoms with van der Waals surface area (Å²) in [5.41, 5.74) is 0.218. The van der Waals surface area contributed by atoms with E-state index in [0.29, 0.717) is 41.7 Å². The Morgan fingerprint density at radius 3 is 2.21 bits per heavy atom. The number of sulfonamides is 1. The summed E-state index contributed by atoms with van der Waals surface area (Å²) in [6, 6.07) is 11.1. The van der Waals surface area contributed by atoms with Crippen LogP contribution in [0.5, 0.6) is 11.5 Å². The zero-order valence-corrected chi connectivity index (χ0v) is 20.3. The zero-order chi connectivity index (χ0) is 23.8. The van der Waals surface area contributed by atoms with Crippen LogP contribution in [0.2, 0.25) is 10.0 Å². The Labute approximate surface area is 202 Å². The number of nitrogens with zero attached hydrogens (tertiary/aromatic N) is 5. The van der Waals surface area contributed by atoms with Gasteiger partial charge < -0.3 is 9.30 Å². The maximum atomic E-state index is 13.6. The normalized spacial score (nSPS) is 15.4. The molecule has 1 saturated heterocycles. The third kappa shape index (κ3) is 4.84. The minimum absolute atomic E-state index is 0.0762. The molecule has 1 aliphatic heterocycles. The molecule has 8 nitrogen and oxygen atoms in total. The molecule has 0 radical (unpaired) electrons. The van der Waals surface area contributed by atoms with Crippen molar-refractivity contribution in [2.24, 2.45) is 0 Å². The Hall–Kier alpha value is -2.64. The lowest BCUT2D eigenvalue weighted by atomic mass is 10.1. The number of piperidine rings is 1. The molecule has 0 spiro atoms. The highest BCUT2D eigenvalue weighted by Gasteiger charge is 2.33. The van der Waals surface area contributed by atoms with E-state index in [-0.39, 0.29) is 22.3 Å². The zero-order valence-electron chi connectivity index (χ0n) is 18.0. The lowest BCUT2D eigenvalue weighted by Crippen LogP contribution is -2.39. The fourth-order valence-electron chi connectivity index (χ4n) is 4.06. The smallest absolute Gasteiger partial charge is 0.246 e. The van der Waals surface area contributed by atoms with Crippen LogP contribution in [0.1, 0.15) is 36.1 Å². The van der Waals surface area contributed by atoms with Gasteiger partial charge in [-0.2, -0.15) is 9.57 Å². The van der Waals surface area contributed by atoms with E-state index in [9.17, 15) is 13.7 Å². The fourth-order valence-corrected chi connectivity index (χ4v) is 6.18. The molecule has 1 aliphatic rings. The number of rotatable bonds is 5. The number of benzene rings is 2. The van der Waals surface area contributed by atoms with Crippen molar-refractivity contribution in [2.45, 2.75) is 37.6 Å². The monoisotopic (exact) mass is 505 g/mol. The van der Waals surface area contributed by atoms with Crippen molar-refractivity contribution in [3.8, 4) is 17.6 Å². The average Bonchev–Trinajstić information content (AvgIpc) is 3.11. The van der Waals surface area contributed by atoms with Gasteiger partial charge in [0.1, 0.15) is 28.0 Å². The van der Waals surface area contributed by atoms with Crippen LogP contribution >= 0.6 is 23.2 Å². The first-order valence-electron chi connectivity index (χ1n) is 10.3. The van der Waals surface area contributed by atoms with Gasteiger partial charge in [0.2, 0.25) is 10.0 Å². The molecule has 4 rings (SSSR count). The quantitative estimate of drug-likeness (QED) is 0.488. The molecule has 0 bridgehead atoms. The number of hydrogen-bond acceptors (Lipinski definition) is 6. The topological polar surface area (TPSA) is 101 Å². The van der Waals surface area contributed by atoms with Gasteiger partial charge in [-0.3, -0.25) is 0 Å². The molecule has 0 saturated carbocycles. The summed E-state index contributed by atoms with van der Waals surface area (Å²) in [7, 11) is -3.93. The van der Waals surface area contributed by atoms with Crippen LogP contribution in [-0.4, -0.2) is 40.6 Å². The van der Waals surface area contributed by atoms with Crippen molar-refractivity contribution >= 4 is 33.2 Å². The summed E-state index contributed by atoms with van der Waals surface area (Å²) >= 11 is 12.1. The molecule has 0 unspecified atom stereocenters. The van der Waals surface area contributed by atoms with Gasteiger partial charge in [0.05, 0.1) is 11.6 Å². The van der Waals surface area contributed by atoms with Crippen LogP contribution in [0, 0.1) is 25.2 Å². The highest BCUT2D eigenvalue weighted by atomic mass is 35.5. The Morgan fingerprint density at radius 1 is 1.03 bits per heavy atom. The molecule has 3 aromatic rings. The Bertz CT molecular complexity index is 1300. The van der Waals surface area contributed by atoms with Gasteiger partial charge in [-0.05, 0) is 63.1 Å². The van der Waals surface area contributed by atoms with Crippen LogP contribution < -0.4 is 4.74 Å². The predicted octanol–water partition coefficient (Wildman–Crippen LogP) is 4.89. The molecule has 0 atom stereocenters. The Morgan fingerprint density at radius 2 is 1.64 bits per heavy atom. The first-order valence-corrected chi connectivity index (χ1v) is 12.4. The lowest BCUT2D eigenvalue weighted by Gasteiger charge is -2.32. The second-order valence-electron chi connectivity index (χ2n) is 7.78. The van der Waals surface area contributed by atoms with Crippen molar-refractivity contribution < 1.29 is 13.2 Å². The number of ether oxygens (including phenoxy) is 1. The number of aryl methyl sites for hydroxylation is 2. The van der Waals surface area contributed by atoms with Gasteiger partial charge in [-0.25, -0.2) is 8.42 Å². The van der Waals surface area contributed by atoms with Gasteiger partial charge in [0.25, 0.3) is 0 Å². The molecule has 11 heteroatoms. The molecular weight excluding hydrogens is 485 g/mol. The fraction of sp³-hybridized carbons (Fsp3) is 0.318. The van der Waals surface area contributed by atoms with E-state index in [1.807, 2.05) is 19.9 Å². The van der Waals surface area contributed by atoms with Crippen molar-refractivity contribution in [3.63, 3.8) is 0 Å². The largest absolute Gasteiger partial charge is 0.456 e. The highest BCUT2D eigenvalue weighted by molar-refractivity contribution is 7.89. The van der Waals surface area contributed by atoms with Gasteiger partial charge in [0, 0.05) is 29.2 Å². The molecule has 1 fully saturated rings. The van der Waals surface area contributed by atoms with E-state index in [1.165, 1.54) is 34.6 Å². The SMILES string of the molecule is Cc1nnc(C)n1C1CCN(S(=O)(=O)c2cc(C#N)ccc2Oc2cc(Cl)cc(Cl)c2)CC1. The molecule has 0 N–H and O–H groups in total. The van der Waals surface area contributed by atoms with E-state index in [1.54, 1.807) is 6.07 Å². The lowest BCUT2D eigenvalue weighted by molar-refractivity contribution is 0.268. The van der Waals surface area contributed by atoms with Crippen molar-refractivity contribution in [3.05, 3.63) is 63.7 Å². The van der Waals surface area contributed by atoms with Gasteiger partial charge >= 0.3 is 0 Å². The second-order valence-corrected chi connectivity index (χ2v) is 10.6. The number of hydrogen-bond donors (Lipinski definition) is 0. The van der Waals surface area contributed by atoms with Crippen molar-refractivity contribution in [2.75, 3.05) is 13.1 Å². The first kappa shape index (κ1) is 23.5. The standard InChI is InChI=1S/C22H21Cl2N5O3S/c1-14-26-27-15(2)29(14)19-5-7-28(8-6-19)33(30,31)22-9-16(13-25)3-4-21(22)32-20-11-17(23)10-18(24)12-20/h3-4,9-12,19H,5-8H2,1-2H3. The summed E-state index contributed by atoms with van der Waals surface area (Å²) in [5, 5.41) is 18.3. The summed E-state index contributed by atoms with van der Waals surface area (Å²) < 4.78 is 36.5. The van der Waals surface area contributed by atoms with Crippen molar-refractivity contribution in [1.82, 2.24) is 19.1 Å². The summed E-state index contributed by atoms with van der Waals surface area (Å²) in [5.74, 6) is 2.02. The molecular formula is C22H21Cl2N5O3S. The molecule has 0 amide bonds. The molecule has 2 heterocycles. The number of halogens is 2.